The molecule has 2 aromatic heterocycles. The fourth-order valence-electron chi connectivity index (χ4n) is 3.83. The maximum atomic E-state index is 13.2. The second-order valence-corrected chi connectivity index (χ2v) is 8.96. The highest BCUT2D eigenvalue weighted by atomic mass is 32.2. The lowest BCUT2D eigenvalue weighted by atomic mass is 10.2. The van der Waals surface area contributed by atoms with Gasteiger partial charge in [-0.1, -0.05) is 30.0 Å². The number of amidine groups is 1. The van der Waals surface area contributed by atoms with Gasteiger partial charge in [-0.2, -0.15) is 5.01 Å². The topological polar surface area (TPSA) is 108 Å². The van der Waals surface area contributed by atoms with E-state index in [-0.39, 0.29) is 23.5 Å². The summed E-state index contributed by atoms with van der Waals surface area (Å²) >= 11 is 1.18. The predicted octanol–water partition coefficient (Wildman–Crippen LogP) is 2.59. The normalized spacial score (nSPS) is 17.1. The van der Waals surface area contributed by atoms with Crippen LogP contribution in [0.3, 0.4) is 0 Å². The number of pyridine rings is 1. The average Bonchev–Trinajstić information content (AvgIpc) is 3.49. The van der Waals surface area contributed by atoms with E-state index in [1.165, 1.54) is 23.1 Å². The molecule has 1 fully saturated rings. The fraction of sp³-hybridized carbons (Fsp3) is 0.250. The van der Waals surface area contributed by atoms with Crippen LogP contribution in [0.4, 0.5) is 11.6 Å². The Morgan fingerprint density at radius 2 is 1.89 bits per heavy atom. The van der Waals surface area contributed by atoms with Crippen molar-refractivity contribution in [3.63, 3.8) is 0 Å². The Hall–Kier alpha value is -3.99. The summed E-state index contributed by atoms with van der Waals surface area (Å²) in [5.74, 6) is -0.230. The molecule has 4 heterocycles. The molecule has 3 aromatic rings. The summed E-state index contributed by atoms with van der Waals surface area (Å²) in [7, 11) is 0. The molecule has 1 aromatic carbocycles. The molecule has 5 rings (SSSR count). The van der Waals surface area contributed by atoms with Gasteiger partial charge in [0.25, 0.3) is 12.1 Å². The van der Waals surface area contributed by atoms with Gasteiger partial charge in [0.2, 0.25) is 11.2 Å². The van der Waals surface area contributed by atoms with Crippen molar-refractivity contribution in [3.05, 3.63) is 72.3 Å². The first-order chi connectivity index (χ1) is 17.2. The van der Waals surface area contributed by atoms with Crippen LogP contribution < -0.4 is 20.0 Å². The van der Waals surface area contributed by atoms with E-state index < -0.39 is 0 Å². The number of anilines is 2. The third-order valence-electron chi connectivity index (χ3n) is 5.53. The van der Waals surface area contributed by atoms with Crippen molar-refractivity contribution in [2.75, 3.05) is 34.1 Å². The number of carbonyl (C=O) groups is 2. The molecule has 1 N–H and O–H groups in total. The number of piperidine rings is 1. The van der Waals surface area contributed by atoms with Gasteiger partial charge in [0, 0.05) is 12.4 Å². The van der Waals surface area contributed by atoms with E-state index in [4.69, 9.17) is 4.52 Å². The van der Waals surface area contributed by atoms with Gasteiger partial charge in [-0.15, -0.1) is 0 Å². The van der Waals surface area contributed by atoms with E-state index in [9.17, 15) is 9.59 Å². The summed E-state index contributed by atoms with van der Waals surface area (Å²) < 4.78 is 5.27. The lowest BCUT2D eigenvalue weighted by Crippen LogP contribution is -2.60. The van der Waals surface area contributed by atoms with E-state index in [0.29, 0.717) is 16.6 Å². The van der Waals surface area contributed by atoms with Crippen molar-refractivity contribution in [2.24, 2.45) is 4.99 Å². The Morgan fingerprint density at radius 3 is 2.66 bits per heavy atom. The van der Waals surface area contributed by atoms with E-state index >= 15 is 0 Å². The summed E-state index contributed by atoms with van der Waals surface area (Å²) in [6, 6.07) is 12.8. The summed E-state index contributed by atoms with van der Waals surface area (Å²) in [5, 5.41) is 9.23. The first kappa shape index (κ1) is 22.8. The highest BCUT2D eigenvalue weighted by molar-refractivity contribution is 8.14. The minimum absolute atomic E-state index is 0.0440. The van der Waals surface area contributed by atoms with E-state index in [2.05, 4.69) is 25.6 Å². The molecule has 11 heteroatoms. The number of rotatable bonds is 6. The third kappa shape index (κ3) is 5.40. The van der Waals surface area contributed by atoms with Crippen LogP contribution in [0.2, 0.25) is 0 Å². The monoisotopic (exact) mass is 490 g/mol. The molecular weight excluding hydrogens is 466 g/mol. The van der Waals surface area contributed by atoms with Gasteiger partial charge in [-0.3, -0.25) is 29.3 Å². The molecule has 0 radical (unpaired) electrons. The quantitative estimate of drug-likeness (QED) is 0.418. The van der Waals surface area contributed by atoms with Crippen LogP contribution in [0.25, 0.3) is 6.08 Å². The second kappa shape index (κ2) is 10.5. The number of aromatic nitrogens is 3. The first-order valence-electron chi connectivity index (χ1n) is 11.3. The Kier molecular flexibility index (Phi) is 6.85. The van der Waals surface area contributed by atoms with Crippen molar-refractivity contribution < 1.29 is 18.9 Å². The zero-order valence-electron chi connectivity index (χ0n) is 18.9. The number of nitrogens with one attached hydrogen (secondary N) is 1. The number of nitrogens with zero attached hydrogens (tertiary/aromatic N) is 6. The summed E-state index contributed by atoms with van der Waals surface area (Å²) in [6.45, 7) is 1.80. The number of benzene rings is 1. The number of amides is 2. The van der Waals surface area contributed by atoms with Crippen molar-refractivity contribution in [1.82, 2.24) is 10.3 Å². The molecule has 0 saturated carbocycles. The molecule has 10 nitrogen and oxygen atoms in total. The molecule has 0 spiro atoms. The van der Waals surface area contributed by atoms with Crippen molar-refractivity contribution in [1.29, 1.82) is 0 Å². The smallest absolute Gasteiger partial charge is 0.288 e. The van der Waals surface area contributed by atoms with Crippen LogP contribution in [0.5, 0.6) is 0 Å². The lowest BCUT2D eigenvalue weighted by molar-refractivity contribution is -0.759. The van der Waals surface area contributed by atoms with Crippen molar-refractivity contribution in [3.8, 4) is 0 Å². The largest absolute Gasteiger partial charge is 0.305 e. The van der Waals surface area contributed by atoms with Crippen molar-refractivity contribution in [2.45, 2.75) is 19.3 Å². The number of hydrogen-bond donors (Lipinski definition) is 1. The number of aliphatic imine (C=N–C) groups is 1. The van der Waals surface area contributed by atoms with Crippen LogP contribution in [0.15, 0.2) is 76.3 Å². The van der Waals surface area contributed by atoms with Crippen LogP contribution in [0.1, 0.15) is 24.8 Å². The van der Waals surface area contributed by atoms with Crippen molar-refractivity contribution >= 4 is 46.4 Å². The number of thioether (sulfide) groups is 1. The Morgan fingerprint density at radius 1 is 1.11 bits per heavy atom. The second-order valence-electron chi connectivity index (χ2n) is 8.02. The summed E-state index contributed by atoms with van der Waals surface area (Å²) in [5.41, 5.74) is 1.79. The molecule has 1 saturated heterocycles. The van der Waals surface area contributed by atoms with Gasteiger partial charge in [0.15, 0.2) is 5.17 Å². The SMILES string of the molecule is O=C(CSC1=N/C(=C/c2ccncc2)C(=O)N1c1ccccc1)Nc1c[n+](N2CCCCC2)no1. The first-order valence-corrected chi connectivity index (χ1v) is 12.3. The Labute approximate surface area is 206 Å². The minimum atomic E-state index is -0.285. The van der Waals surface area contributed by atoms with Gasteiger partial charge in [0.1, 0.15) is 5.70 Å². The molecular formula is C24H24N7O3S+. The Balaban J connectivity index is 1.28. The summed E-state index contributed by atoms with van der Waals surface area (Å²) in [6.07, 6.45) is 10.1. The third-order valence-corrected chi connectivity index (χ3v) is 6.46. The standard InChI is InChI=1S/C24H23N7O3S/c32-21(27-22-16-30(28-34-22)29-13-5-2-6-14-29)17-35-24-26-20(15-18-9-11-25-12-10-18)23(33)31(24)19-7-3-1-4-8-19/h1,3-4,7-12,15-16H,2,5-6,13-14,17H2/p+1/b20-15+. The van der Waals surface area contributed by atoms with Gasteiger partial charge in [-0.25, -0.2) is 4.99 Å². The highest BCUT2D eigenvalue weighted by Gasteiger charge is 2.32. The minimum Gasteiger partial charge on any atom is -0.288 e. The number of carbonyl (C=O) groups excluding carboxylic acids is 2. The zero-order chi connectivity index (χ0) is 24.0. The van der Waals surface area contributed by atoms with E-state index in [1.54, 1.807) is 41.6 Å². The maximum absolute atomic E-state index is 13.2. The van der Waals surface area contributed by atoms with Crippen LogP contribution in [-0.2, 0) is 9.59 Å². The maximum Gasteiger partial charge on any atom is 0.305 e. The zero-order valence-corrected chi connectivity index (χ0v) is 19.7. The highest BCUT2D eigenvalue weighted by Crippen LogP contribution is 2.29. The number of para-hydroxylation sites is 1. The molecule has 0 atom stereocenters. The molecule has 2 aliphatic rings. The molecule has 0 aliphatic carbocycles. The lowest BCUT2D eigenvalue weighted by Gasteiger charge is -2.17. The molecule has 0 unspecified atom stereocenters. The molecule has 2 aliphatic heterocycles. The van der Waals surface area contributed by atoms with Gasteiger partial charge >= 0.3 is 5.88 Å². The van der Waals surface area contributed by atoms with E-state index in [0.717, 1.165) is 31.5 Å². The summed E-state index contributed by atoms with van der Waals surface area (Å²) in [4.78, 5) is 37.5. The predicted molar refractivity (Wildman–Crippen MR) is 133 cm³/mol. The molecule has 0 bridgehead atoms. The number of hydrogen-bond acceptors (Lipinski definition) is 8. The van der Waals surface area contributed by atoms with Gasteiger partial charge in [0.05, 0.1) is 29.3 Å². The Bertz CT molecular complexity index is 1250. The van der Waals surface area contributed by atoms with E-state index in [1.807, 2.05) is 30.3 Å². The molecule has 2 amide bonds. The average molecular weight is 491 g/mol. The van der Waals surface area contributed by atoms with Crippen LogP contribution >= 0.6 is 11.8 Å². The van der Waals surface area contributed by atoms with Crippen LogP contribution in [0, 0.1) is 0 Å². The molecule has 35 heavy (non-hydrogen) atoms. The van der Waals surface area contributed by atoms with Gasteiger partial charge < -0.3 is 0 Å². The van der Waals surface area contributed by atoms with Crippen LogP contribution in [-0.4, -0.2) is 46.1 Å². The van der Waals surface area contributed by atoms with Gasteiger partial charge in [-0.05, 0) is 55.2 Å². The fourth-order valence-corrected chi connectivity index (χ4v) is 4.64. The molecule has 178 valence electrons.